The summed E-state index contributed by atoms with van der Waals surface area (Å²) in [6, 6.07) is 10.0. The van der Waals surface area contributed by atoms with Crippen molar-refractivity contribution in [3.8, 4) is 6.07 Å². The molecule has 0 aliphatic carbocycles. The zero-order chi connectivity index (χ0) is 20.3. The molecule has 1 N–H and O–H groups in total. The Hall–Kier alpha value is -2.53. The van der Waals surface area contributed by atoms with Crippen LogP contribution in [0.5, 0.6) is 0 Å². The summed E-state index contributed by atoms with van der Waals surface area (Å²) in [6.45, 7) is 3.95. The molecule has 2 saturated heterocycles. The second-order valence-corrected chi connectivity index (χ2v) is 9.17. The van der Waals surface area contributed by atoms with Crippen LogP contribution in [0.15, 0.2) is 30.3 Å². The van der Waals surface area contributed by atoms with E-state index < -0.39 is 22.8 Å². The van der Waals surface area contributed by atoms with E-state index in [9.17, 15) is 14.4 Å². The molecule has 0 spiro atoms. The summed E-state index contributed by atoms with van der Waals surface area (Å²) in [5.41, 5.74) is 0.877. The minimum Gasteiger partial charge on any atom is -0.464 e. The van der Waals surface area contributed by atoms with Crippen molar-refractivity contribution in [2.24, 2.45) is 0 Å². The number of benzene rings is 1. The van der Waals surface area contributed by atoms with Gasteiger partial charge in [0.15, 0.2) is 0 Å². The first-order valence-electron chi connectivity index (χ1n) is 9.22. The van der Waals surface area contributed by atoms with E-state index in [0.29, 0.717) is 12.8 Å². The second-order valence-electron chi connectivity index (χ2n) is 7.40. The fraction of sp³-hybridized carbons (Fsp3) is 0.500. The van der Waals surface area contributed by atoms with Crippen molar-refractivity contribution in [2.75, 3.05) is 6.61 Å². The lowest BCUT2D eigenvalue weighted by atomic mass is 9.96. The number of carbonyl (C=O) groups excluding carboxylic acids is 3. The van der Waals surface area contributed by atoms with Crippen LogP contribution < -0.4 is 5.32 Å². The topological polar surface area (TPSA) is 99.5 Å². The van der Waals surface area contributed by atoms with Crippen LogP contribution in [0.3, 0.4) is 0 Å². The maximum Gasteiger partial charge on any atom is 0.330 e. The zero-order valence-electron chi connectivity index (χ0n) is 15.9. The number of nitrogens with one attached hydrogen (secondary N) is 1. The van der Waals surface area contributed by atoms with E-state index in [2.05, 4.69) is 5.32 Å². The number of unbranched alkanes of at least 4 members (excludes halogenated alkanes) is 1. The van der Waals surface area contributed by atoms with Gasteiger partial charge in [-0.3, -0.25) is 9.59 Å². The molecule has 2 aliphatic heterocycles. The number of thioether (sulfide) groups is 1. The fourth-order valence-corrected chi connectivity index (χ4v) is 5.16. The molecular weight excluding hydrogens is 378 g/mol. The molecule has 0 saturated carbocycles. The Morgan fingerprint density at radius 2 is 2.04 bits per heavy atom. The molecule has 0 bridgehead atoms. The first-order valence-corrected chi connectivity index (χ1v) is 10.1. The number of nitrogens with zero attached hydrogens (tertiary/aromatic N) is 2. The number of ether oxygens (including phenoxy) is 1. The molecule has 0 radical (unpaired) electrons. The smallest absolute Gasteiger partial charge is 0.330 e. The maximum atomic E-state index is 12.7. The molecule has 2 amide bonds. The van der Waals surface area contributed by atoms with Gasteiger partial charge in [0, 0.05) is 11.2 Å². The number of β-lactam (4-membered cyclic amide) rings is 1. The highest BCUT2D eigenvalue weighted by atomic mass is 32.2. The summed E-state index contributed by atoms with van der Waals surface area (Å²) in [5.74, 6) is -0.936. The SMILES string of the molecule is CC1(C)SC2[C@H](NC(=O)Cc3ccccc3)C(=O)N2C1C(=O)OCCCC#N. The van der Waals surface area contributed by atoms with Crippen LogP contribution in [0.25, 0.3) is 0 Å². The molecule has 28 heavy (non-hydrogen) atoms. The van der Waals surface area contributed by atoms with Crippen molar-refractivity contribution in [3.63, 3.8) is 0 Å². The van der Waals surface area contributed by atoms with E-state index >= 15 is 0 Å². The van der Waals surface area contributed by atoms with Crippen molar-refractivity contribution >= 4 is 29.5 Å². The van der Waals surface area contributed by atoms with Crippen molar-refractivity contribution in [1.82, 2.24) is 10.2 Å². The van der Waals surface area contributed by atoms with Crippen molar-refractivity contribution in [2.45, 2.75) is 55.3 Å². The Kier molecular flexibility index (Phi) is 5.94. The maximum absolute atomic E-state index is 12.7. The van der Waals surface area contributed by atoms with E-state index in [-0.39, 0.29) is 30.2 Å². The van der Waals surface area contributed by atoms with Crippen LogP contribution in [0.2, 0.25) is 0 Å². The van der Waals surface area contributed by atoms with Crippen LogP contribution in [-0.4, -0.2) is 51.5 Å². The van der Waals surface area contributed by atoms with Gasteiger partial charge in [-0.2, -0.15) is 5.26 Å². The molecular formula is C20H23N3O4S. The van der Waals surface area contributed by atoms with Gasteiger partial charge < -0.3 is 15.0 Å². The number of nitriles is 1. The van der Waals surface area contributed by atoms with E-state index in [0.717, 1.165) is 5.56 Å². The average molecular weight is 401 g/mol. The molecule has 8 heteroatoms. The predicted molar refractivity (Wildman–Crippen MR) is 104 cm³/mol. The number of fused-ring (bicyclic) bond motifs is 1. The van der Waals surface area contributed by atoms with Crippen LogP contribution in [-0.2, 0) is 25.5 Å². The van der Waals surface area contributed by atoms with E-state index in [1.54, 1.807) is 0 Å². The third-order valence-electron chi connectivity index (χ3n) is 4.87. The summed E-state index contributed by atoms with van der Waals surface area (Å²) in [4.78, 5) is 39.0. The monoisotopic (exact) mass is 401 g/mol. The first-order chi connectivity index (χ1) is 13.3. The van der Waals surface area contributed by atoms with Gasteiger partial charge in [0.25, 0.3) is 0 Å². The molecule has 2 aliphatic rings. The van der Waals surface area contributed by atoms with Crippen LogP contribution in [0.1, 0.15) is 32.3 Å². The Morgan fingerprint density at radius 3 is 2.71 bits per heavy atom. The van der Waals surface area contributed by atoms with E-state index in [1.807, 2.05) is 50.2 Å². The molecule has 0 aromatic heterocycles. The minimum absolute atomic E-state index is 0.160. The molecule has 1 aromatic rings. The predicted octanol–water partition coefficient (Wildman–Crippen LogP) is 1.62. The lowest BCUT2D eigenvalue weighted by Crippen LogP contribution is -2.70. The number of hydrogen-bond acceptors (Lipinski definition) is 6. The first kappa shape index (κ1) is 20.2. The molecule has 3 atom stereocenters. The molecule has 2 fully saturated rings. The quantitative estimate of drug-likeness (QED) is 0.423. The van der Waals surface area contributed by atoms with Crippen LogP contribution >= 0.6 is 11.8 Å². The summed E-state index contributed by atoms with van der Waals surface area (Å²) in [7, 11) is 0. The summed E-state index contributed by atoms with van der Waals surface area (Å²) in [5, 5.41) is 11.1. The largest absolute Gasteiger partial charge is 0.464 e. The Labute approximate surface area is 168 Å². The van der Waals surface area contributed by atoms with Gasteiger partial charge in [-0.1, -0.05) is 30.3 Å². The number of amides is 2. The Balaban J connectivity index is 1.60. The van der Waals surface area contributed by atoms with Gasteiger partial charge in [0.1, 0.15) is 17.5 Å². The minimum atomic E-state index is -0.695. The summed E-state index contributed by atoms with van der Waals surface area (Å²) < 4.78 is 4.75. The normalized spacial score (nSPS) is 24.7. The van der Waals surface area contributed by atoms with Crippen molar-refractivity contribution < 1.29 is 19.1 Å². The molecule has 3 rings (SSSR count). The highest BCUT2D eigenvalue weighted by Crippen LogP contribution is 2.51. The van der Waals surface area contributed by atoms with Gasteiger partial charge in [-0.15, -0.1) is 11.8 Å². The summed E-state index contributed by atoms with van der Waals surface area (Å²) in [6.07, 6.45) is 0.991. The van der Waals surface area contributed by atoms with Gasteiger partial charge in [-0.05, 0) is 25.8 Å². The lowest BCUT2D eigenvalue weighted by molar-refractivity contribution is -0.164. The standard InChI is InChI=1S/C20H23N3O4S/c1-20(2)16(19(26)27-11-7-6-10-21)23-17(25)15(18(23)28-20)22-14(24)12-13-8-4-3-5-9-13/h3-5,8-9,15-16,18H,6-7,11-12H2,1-2H3,(H,22,24)/t15-,16?,18?/m1/s1. The molecule has 1 aromatic carbocycles. The molecule has 148 valence electrons. The van der Waals surface area contributed by atoms with E-state index in [1.165, 1.54) is 16.7 Å². The van der Waals surface area contributed by atoms with Gasteiger partial charge in [0.2, 0.25) is 11.8 Å². The van der Waals surface area contributed by atoms with Crippen molar-refractivity contribution in [1.29, 1.82) is 5.26 Å². The third kappa shape index (κ3) is 3.99. The number of carbonyl (C=O) groups is 3. The van der Waals surface area contributed by atoms with Gasteiger partial charge in [0.05, 0.1) is 19.1 Å². The molecule has 2 heterocycles. The van der Waals surface area contributed by atoms with E-state index in [4.69, 9.17) is 10.00 Å². The Bertz CT molecular complexity index is 805. The van der Waals surface area contributed by atoms with Crippen LogP contribution in [0.4, 0.5) is 0 Å². The number of rotatable bonds is 7. The number of esters is 1. The zero-order valence-corrected chi connectivity index (χ0v) is 16.7. The fourth-order valence-electron chi connectivity index (χ4n) is 3.54. The van der Waals surface area contributed by atoms with Gasteiger partial charge >= 0.3 is 5.97 Å². The highest BCUT2D eigenvalue weighted by Gasteiger charge is 2.64. The highest BCUT2D eigenvalue weighted by molar-refractivity contribution is 8.01. The average Bonchev–Trinajstić information content (AvgIpc) is 2.92. The van der Waals surface area contributed by atoms with Crippen molar-refractivity contribution in [3.05, 3.63) is 35.9 Å². The van der Waals surface area contributed by atoms with Crippen LogP contribution in [0, 0.1) is 11.3 Å². The Morgan fingerprint density at radius 1 is 1.32 bits per heavy atom. The van der Waals surface area contributed by atoms with Gasteiger partial charge in [-0.25, -0.2) is 4.79 Å². The molecule has 7 nitrogen and oxygen atoms in total. The third-order valence-corrected chi connectivity index (χ3v) is 6.44. The molecule has 2 unspecified atom stereocenters. The number of hydrogen-bond donors (Lipinski definition) is 1. The summed E-state index contributed by atoms with van der Waals surface area (Å²) >= 11 is 1.50. The second kappa shape index (κ2) is 8.23. The lowest BCUT2D eigenvalue weighted by Gasteiger charge is -2.44.